The lowest BCUT2D eigenvalue weighted by Crippen LogP contribution is -2.01. The summed E-state index contributed by atoms with van der Waals surface area (Å²) in [5, 5.41) is 0. The third-order valence-electron chi connectivity index (χ3n) is 2.40. The molecule has 1 aromatic rings. The fraction of sp³-hybridized carbons (Fsp3) is 0.267. The van der Waals surface area contributed by atoms with E-state index >= 15 is 0 Å². The number of benzene rings is 1. The van der Waals surface area contributed by atoms with Crippen molar-refractivity contribution < 1.29 is 9.53 Å². The molecule has 0 unspecified atom stereocenters. The van der Waals surface area contributed by atoms with Crippen LogP contribution in [0.5, 0.6) is 0 Å². The van der Waals surface area contributed by atoms with Crippen molar-refractivity contribution in [3.63, 3.8) is 0 Å². The van der Waals surface area contributed by atoms with Crippen molar-refractivity contribution in [2.45, 2.75) is 19.8 Å². The number of hydrogen-bond donors (Lipinski definition) is 0. The first-order valence-corrected chi connectivity index (χ1v) is 7.68. The molecule has 19 heavy (non-hydrogen) atoms. The number of rotatable bonds is 6. The fourth-order valence-electron chi connectivity index (χ4n) is 1.43. The number of halogens is 2. The Labute approximate surface area is 130 Å². The number of carbonyl (C=O) groups excluding carboxylic acids is 1. The lowest BCUT2D eigenvalue weighted by atomic mass is 10.1. The van der Waals surface area contributed by atoms with Gasteiger partial charge in [0.25, 0.3) is 0 Å². The second-order valence-corrected chi connectivity index (χ2v) is 6.69. The zero-order valence-corrected chi connectivity index (χ0v) is 13.9. The standard InChI is InChI=1S/C15H16Br2O2/c1-2-3-10-19-15(18)9-8-12-6-4-5-7-13(12)11-14(16)17/h4-9,11H,2-3,10H2,1H3/b9-8+. The van der Waals surface area contributed by atoms with Crippen LogP contribution in [0.25, 0.3) is 12.2 Å². The molecule has 0 bridgehead atoms. The van der Waals surface area contributed by atoms with E-state index in [-0.39, 0.29) is 5.97 Å². The number of unbranched alkanes of at least 4 members (excludes halogenated alkanes) is 1. The SMILES string of the molecule is CCCCOC(=O)/C=C/c1ccccc1C=C(Br)Br. The van der Waals surface area contributed by atoms with Gasteiger partial charge in [-0.3, -0.25) is 0 Å². The topological polar surface area (TPSA) is 26.3 Å². The Balaban J connectivity index is 2.71. The molecule has 1 aromatic carbocycles. The molecule has 0 radical (unpaired) electrons. The molecule has 0 heterocycles. The highest BCUT2D eigenvalue weighted by atomic mass is 79.9. The first-order chi connectivity index (χ1) is 9.13. The average Bonchev–Trinajstić information content (AvgIpc) is 2.37. The molecule has 102 valence electrons. The van der Waals surface area contributed by atoms with E-state index in [0.29, 0.717) is 6.61 Å². The molecule has 4 heteroatoms. The Morgan fingerprint density at radius 1 is 1.26 bits per heavy atom. The van der Waals surface area contributed by atoms with Crippen LogP contribution in [0.3, 0.4) is 0 Å². The highest BCUT2D eigenvalue weighted by Crippen LogP contribution is 2.21. The first kappa shape index (κ1) is 16.2. The van der Waals surface area contributed by atoms with Crippen molar-refractivity contribution in [2.75, 3.05) is 6.61 Å². The second-order valence-electron chi connectivity index (χ2n) is 3.92. The molecule has 0 saturated heterocycles. The molecule has 0 spiro atoms. The van der Waals surface area contributed by atoms with Gasteiger partial charge in [0, 0.05) is 6.08 Å². The molecule has 0 aliphatic heterocycles. The monoisotopic (exact) mass is 386 g/mol. The quantitative estimate of drug-likeness (QED) is 0.384. The van der Waals surface area contributed by atoms with Gasteiger partial charge in [-0.05, 0) is 61.6 Å². The van der Waals surface area contributed by atoms with Gasteiger partial charge in [-0.1, -0.05) is 37.6 Å². The minimum Gasteiger partial charge on any atom is -0.463 e. The van der Waals surface area contributed by atoms with Crippen molar-refractivity contribution in [2.24, 2.45) is 0 Å². The Morgan fingerprint density at radius 2 is 1.95 bits per heavy atom. The normalized spacial score (nSPS) is 10.5. The van der Waals surface area contributed by atoms with Crippen LogP contribution in [0.15, 0.2) is 33.7 Å². The maximum Gasteiger partial charge on any atom is 0.330 e. The highest BCUT2D eigenvalue weighted by molar-refractivity contribution is 9.28. The maximum atomic E-state index is 11.5. The van der Waals surface area contributed by atoms with Gasteiger partial charge in [0.15, 0.2) is 0 Å². The van der Waals surface area contributed by atoms with Gasteiger partial charge in [0.1, 0.15) is 0 Å². The summed E-state index contributed by atoms with van der Waals surface area (Å²) in [6.45, 7) is 2.54. The molecule has 0 saturated carbocycles. The molecule has 2 nitrogen and oxygen atoms in total. The van der Waals surface area contributed by atoms with Gasteiger partial charge in [-0.25, -0.2) is 4.79 Å². The van der Waals surface area contributed by atoms with Crippen molar-refractivity contribution >= 4 is 50.0 Å². The molecule has 0 amide bonds. The fourth-order valence-corrected chi connectivity index (χ4v) is 1.93. The number of ether oxygens (including phenoxy) is 1. The molecule has 0 aromatic heterocycles. The van der Waals surface area contributed by atoms with Crippen LogP contribution in [0, 0.1) is 0 Å². The predicted molar refractivity (Wildman–Crippen MR) is 87.2 cm³/mol. The van der Waals surface area contributed by atoms with E-state index in [0.717, 1.165) is 27.4 Å². The Bertz CT molecular complexity index is 475. The molecule has 0 N–H and O–H groups in total. The van der Waals surface area contributed by atoms with Crippen molar-refractivity contribution in [1.82, 2.24) is 0 Å². The summed E-state index contributed by atoms with van der Waals surface area (Å²) in [4.78, 5) is 11.5. The summed E-state index contributed by atoms with van der Waals surface area (Å²) in [6.07, 6.45) is 7.08. The largest absolute Gasteiger partial charge is 0.463 e. The number of carbonyl (C=O) groups is 1. The second kappa shape index (κ2) is 9.10. The highest BCUT2D eigenvalue weighted by Gasteiger charge is 1.99. The summed E-state index contributed by atoms with van der Waals surface area (Å²) >= 11 is 6.66. The molecular weight excluding hydrogens is 372 g/mol. The van der Waals surface area contributed by atoms with Crippen LogP contribution in [-0.2, 0) is 9.53 Å². The summed E-state index contributed by atoms with van der Waals surface area (Å²) in [5.74, 6) is -0.301. The van der Waals surface area contributed by atoms with Crippen molar-refractivity contribution in [3.05, 3.63) is 44.9 Å². The van der Waals surface area contributed by atoms with Gasteiger partial charge < -0.3 is 4.74 Å². The number of esters is 1. The van der Waals surface area contributed by atoms with Gasteiger partial charge in [-0.2, -0.15) is 0 Å². The van der Waals surface area contributed by atoms with Crippen molar-refractivity contribution in [3.8, 4) is 0 Å². The maximum absolute atomic E-state index is 11.5. The van der Waals surface area contributed by atoms with E-state index in [1.807, 2.05) is 30.3 Å². The van der Waals surface area contributed by atoms with Crippen molar-refractivity contribution in [1.29, 1.82) is 0 Å². The Morgan fingerprint density at radius 3 is 2.58 bits per heavy atom. The molecule has 0 aliphatic carbocycles. The molecule has 1 rings (SSSR count). The van der Waals surface area contributed by atoms with Crippen LogP contribution in [0.2, 0.25) is 0 Å². The summed E-state index contributed by atoms with van der Waals surface area (Å²) in [7, 11) is 0. The summed E-state index contributed by atoms with van der Waals surface area (Å²) in [5.41, 5.74) is 1.98. The van der Waals surface area contributed by atoms with Crippen LogP contribution in [0.4, 0.5) is 0 Å². The third kappa shape index (κ3) is 6.73. The summed E-state index contributed by atoms with van der Waals surface area (Å²) < 4.78 is 5.92. The van der Waals surface area contributed by atoms with Gasteiger partial charge in [-0.15, -0.1) is 0 Å². The molecule has 0 aliphatic rings. The smallest absolute Gasteiger partial charge is 0.330 e. The van der Waals surface area contributed by atoms with Crippen LogP contribution in [0.1, 0.15) is 30.9 Å². The van der Waals surface area contributed by atoms with Gasteiger partial charge >= 0.3 is 5.97 Å². The predicted octanol–water partition coefficient (Wildman–Crippen LogP) is 5.13. The van der Waals surface area contributed by atoms with Gasteiger partial charge in [0.2, 0.25) is 0 Å². The van der Waals surface area contributed by atoms with E-state index in [4.69, 9.17) is 4.74 Å². The summed E-state index contributed by atoms with van der Waals surface area (Å²) in [6, 6.07) is 7.81. The van der Waals surface area contributed by atoms with E-state index in [1.54, 1.807) is 6.08 Å². The van der Waals surface area contributed by atoms with Crippen LogP contribution >= 0.6 is 31.9 Å². The Hall–Kier alpha value is -0.870. The first-order valence-electron chi connectivity index (χ1n) is 6.10. The zero-order chi connectivity index (χ0) is 14.1. The Kier molecular flexibility index (Phi) is 7.75. The zero-order valence-electron chi connectivity index (χ0n) is 10.7. The van der Waals surface area contributed by atoms with E-state index in [9.17, 15) is 4.79 Å². The van der Waals surface area contributed by atoms with Gasteiger partial charge in [0.05, 0.1) is 10.00 Å². The number of hydrogen-bond acceptors (Lipinski definition) is 2. The lowest BCUT2D eigenvalue weighted by molar-refractivity contribution is -0.137. The molecule has 0 atom stereocenters. The average molecular weight is 388 g/mol. The third-order valence-corrected chi connectivity index (χ3v) is 2.86. The van der Waals surface area contributed by atoms with Crippen LogP contribution in [-0.4, -0.2) is 12.6 Å². The van der Waals surface area contributed by atoms with E-state index < -0.39 is 0 Å². The molecule has 0 fully saturated rings. The van der Waals surface area contributed by atoms with E-state index in [2.05, 4.69) is 38.8 Å². The minimum absolute atomic E-state index is 0.301. The molecular formula is C15H16Br2O2. The minimum atomic E-state index is -0.301. The van der Waals surface area contributed by atoms with Crippen LogP contribution < -0.4 is 0 Å². The lowest BCUT2D eigenvalue weighted by Gasteiger charge is -2.01. The van der Waals surface area contributed by atoms with E-state index in [1.165, 1.54) is 6.08 Å².